The number of rotatable bonds is 4. The Labute approximate surface area is 158 Å². The summed E-state index contributed by atoms with van der Waals surface area (Å²) in [6, 6.07) is 5.51. The average molecular weight is 364 g/mol. The van der Waals surface area contributed by atoms with E-state index in [9.17, 15) is 4.79 Å². The number of pyridine rings is 2. The van der Waals surface area contributed by atoms with Gasteiger partial charge < -0.3 is 5.32 Å². The number of anilines is 1. The Morgan fingerprint density at radius 2 is 2.07 bits per heavy atom. The maximum Gasteiger partial charge on any atom is 0.320 e. The van der Waals surface area contributed by atoms with Crippen LogP contribution < -0.4 is 10.6 Å². The summed E-state index contributed by atoms with van der Waals surface area (Å²) in [5, 5.41) is 14.1. The third kappa shape index (κ3) is 4.07. The van der Waals surface area contributed by atoms with Crippen molar-refractivity contribution >= 4 is 22.8 Å². The summed E-state index contributed by atoms with van der Waals surface area (Å²) >= 11 is 0. The molecule has 0 saturated heterocycles. The summed E-state index contributed by atoms with van der Waals surface area (Å²) in [5.41, 5.74) is 3.58. The molecule has 1 aliphatic carbocycles. The van der Waals surface area contributed by atoms with Gasteiger partial charge in [0.15, 0.2) is 0 Å². The minimum Gasteiger partial charge on any atom is -0.338 e. The van der Waals surface area contributed by atoms with Gasteiger partial charge in [0, 0.05) is 41.6 Å². The SMILES string of the molecule is Cc1cc(-c2n[nH]c3cc(NC(=O)NCC4CCCCC4)ncc23)ccn1. The number of H-pyrrole nitrogens is 1. The minimum absolute atomic E-state index is 0.211. The summed E-state index contributed by atoms with van der Waals surface area (Å²) in [5.74, 6) is 1.10. The van der Waals surface area contributed by atoms with Gasteiger partial charge in [-0.1, -0.05) is 19.3 Å². The molecule has 27 heavy (non-hydrogen) atoms. The Morgan fingerprint density at radius 1 is 1.22 bits per heavy atom. The van der Waals surface area contributed by atoms with Crippen molar-refractivity contribution in [3.63, 3.8) is 0 Å². The summed E-state index contributed by atoms with van der Waals surface area (Å²) < 4.78 is 0. The van der Waals surface area contributed by atoms with E-state index in [4.69, 9.17) is 0 Å². The van der Waals surface area contributed by atoms with Gasteiger partial charge in [-0.2, -0.15) is 5.10 Å². The Morgan fingerprint density at radius 3 is 2.89 bits per heavy atom. The van der Waals surface area contributed by atoms with Crippen LogP contribution in [0.1, 0.15) is 37.8 Å². The molecule has 0 bridgehead atoms. The van der Waals surface area contributed by atoms with Gasteiger partial charge in [-0.15, -0.1) is 0 Å². The van der Waals surface area contributed by atoms with Crippen LogP contribution in [-0.2, 0) is 0 Å². The van der Waals surface area contributed by atoms with Crippen molar-refractivity contribution in [1.82, 2.24) is 25.5 Å². The Kier molecular flexibility index (Phi) is 5.00. The first-order chi connectivity index (χ1) is 13.2. The predicted octanol–water partition coefficient (Wildman–Crippen LogP) is 4.03. The summed E-state index contributed by atoms with van der Waals surface area (Å²) in [6.07, 6.45) is 9.77. The maximum atomic E-state index is 12.2. The lowest BCUT2D eigenvalue weighted by Gasteiger charge is -2.21. The lowest BCUT2D eigenvalue weighted by molar-refractivity contribution is 0.247. The van der Waals surface area contributed by atoms with E-state index in [1.165, 1.54) is 32.1 Å². The van der Waals surface area contributed by atoms with E-state index in [-0.39, 0.29) is 6.03 Å². The van der Waals surface area contributed by atoms with E-state index >= 15 is 0 Å². The summed E-state index contributed by atoms with van der Waals surface area (Å²) in [4.78, 5) is 20.8. The number of nitrogens with zero attached hydrogens (tertiary/aromatic N) is 3. The zero-order valence-electron chi connectivity index (χ0n) is 15.5. The predicted molar refractivity (Wildman–Crippen MR) is 105 cm³/mol. The molecule has 3 aromatic rings. The fraction of sp³-hybridized carbons (Fsp3) is 0.400. The van der Waals surface area contributed by atoms with Gasteiger partial charge in [0.1, 0.15) is 11.5 Å². The normalized spacial score (nSPS) is 15.0. The molecule has 1 aliphatic rings. The van der Waals surface area contributed by atoms with E-state index in [1.54, 1.807) is 18.5 Å². The number of aromatic amines is 1. The van der Waals surface area contributed by atoms with Crippen LogP contribution in [0.25, 0.3) is 22.2 Å². The van der Waals surface area contributed by atoms with Gasteiger partial charge >= 0.3 is 6.03 Å². The molecule has 0 aromatic carbocycles. The van der Waals surface area contributed by atoms with Gasteiger partial charge in [0.25, 0.3) is 0 Å². The second-order valence-electron chi connectivity index (χ2n) is 7.21. The van der Waals surface area contributed by atoms with E-state index in [0.29, 0.717) is 11.7 Å². The Hall–Kier alpha value is -2.96. The van der Waals surface area contributed by atoms with Gasteiger partial charge in [-0.25, -0.2) is 9.78 Å². The molecule has 4 rings (SSSR count). The highest BCUT2D eigenvalue weighted by Crippen LogP contribution is 2.27. The monoisotopic (exact) mass is 364 g/mol. The molecular formula is C20H24N6O. The molecule has 7 heteroatoms. The van der Waals surface area contributed by atoms with E-state index in [2.05, 4.69) is 30.8 Å². The van der Waals surface area contributed by atoms with Crippen LogP contribution >= 0.6 is 0 Å². The highest BCUT2D eigenvalue weighted by molar-refractivity contribution is 5.95. The van der Waals surface area contributed by atoms with Crippen molar-refractivity contribution in [3.8, 4) is 11.3 Å². The zero-order valence-corrected chi connectivity index (χ0v) is 15.5. The summed E-state index contributed by atoms with van der Waals surface area (Å²) in [7, 11) is 0. The number of aromatic nitrogens is 4. The molecule has 7 nitrogen and oxygen atoms in total. The Balaban J connectivity index is 1.43. The van der Waals surface area contributed by atoms with Crippen molar-refractivity contribution < 1.29 is 4.79 Å². The third-order valence-electron chi connectivity index (χ3n) is 5.13. The second kappa shape index (κ2) is 7.73. The largest absolute Gasteiger partial charge is 0.338 e. The maximum absolute atomic E-state index is 12.2. The molecule has 3 aromatic heterocycles. The first-order valence-electron chi connectivity index (χ1n) is 9.51. The number of hydrogen-bond acceptors (Lipinski definition) is 4. The first kappa shape index (κ1) is 17.5. The number of aryl methyl sites for hydroxylation is 1. The van der Waals surface area contributed by atoms with E-state index in [0.717, 1.165) is 34.4 Å². The molecule has 1 saturated carbocycles. The lowest BCUT2D eigenvalue weighted by atomic mass is 9.89. The fourth-order valence-electron chi connectivity index (χ4n) is 3.68. The van der Waals surface area contributed by atoms with Gasteiger partial charge in [0.05, 0.1) is 5.52 Å². The number of nitrogens with one attached hydrogen (secondary N) is 3. The Bertz CT molecular complexity index is 945. The molecular weight excluding hydrogens is 340 g/mol. The number of amides is 2. The number of hydrogen-bond donors (Lipinski definition) is 3. The molecule has 140 valence electrons. The molecule has 0 unspecified atom stereocenters. The average Bonchev–Trinajstić information content (AvgIpc) is 3.10. The van der Waals surface area contributed by atoms with E-state index in [1.807, 2.05) is 19.1 Å². The van der Waals surface area contributed by atoms with Crippen molar-refractivity contribution in [3.05, 3.63) is 36.3 Å². The van der Waals surface area contributed by atoms with Gasteiger partial charge in [-0.3, -0.25) is 15.4 Å². The first-order valence-corrected chi connectivity index (χ1v) is 9.51. The topological polar surface area (TPSA) is 95.6 Å². The standard InChI is InChI=1S/C20H24N6O/c1-13-9-15(7-8-21-13)19-16-12-22-18(10-17(16)25-26-19)24-20(27)23-11-14-5-3-2-4-6-14/h7-10,12,14H,2-6,11H2,1H3,(H,25,26)(H2,22,23,24,27). The third-order valence-corrected chi connectivity index (χ3v) is 5.13. The van der Waals surface area contributed by atoms with Gasteiger partial charge in [-0.05, 0) is 37.8 Å². The van der Waals surface area contributed by atoms with Crippen LogP contribution in [-0.4, -0.2) is 32.7 Å². The fourth-order valence-corrected chi connectivity index (χ4v) is 3.68. The van der Waals surface area contributed by atoms with Crippen molar-refractivity contribution in [2.45, 2.75) is 39.0 Å². The molecule has 0 aliphatic heterocycles. The highest BCUT2D eigenvalue weighted by atomic mass is 16.2. The zero-order chi connectivity index (χ0) is 18.6. The number of carbonyl (C=O) groups is 1. The summed E-state index contributed by atoms with van der Waals surface area (Å²) in [6.45, 7) is 2.67. The van der Waals surface area contributed by atoms with Crippen LogP contribution in [0.4, 0.5) is 10.6 Å². The minimum atomic E-state index is -0.211. The van der Waals surface area contributed by atoms with Gasteiger partial charge in [0.2, 0.25) is 0 Å². The number of fused-ring (bicyclic) bond motifs is 1. The molecule has 0 radical (unpaired) electrons. The molecule has 3 N–H and O–H groups in total. The quantitative estimate of drug-likeness (QED) is 0.651. The molecule has 1 fully saturated rings. The number of carbonyl (C=O) groups excluding carboxylic acids is 1. The van der Waals surface area contributed by atoms with Crippen molar-refractivity contribution in [2.75, 3.05) is 11.9 Å². The smallest absolute Gasteiger partial charge is 0.320 e. The highest BCUT2D eigenvalue weighted by Gasteiger charge is 2.15. The molecule has 0 spiro atoms. The van der Waals surface area contributed by atoms with Crippen LogP contribution in [0, 0.1) is 12.8 Å². The van der Waals surface area contributed by atoms with Crippen LogP contribution in [0.5, 0.6) is 0 Å². The van der Waals surface area contributed by atoms with Crippen LogP contribution in [0.3, 0.4) is 0 Å². The van der Waals surface area contributed by atoms with Crippen molar-refractivity contribution in [1.29, 1.82) is 0 Å². The number of urea groups is 1. The van der Waals surface area contributed by atoms with Crippen molar-refractivity contribution in [2.24, 2.45) is 5.92 Å². The molecule has 3 heterocycles. The van der Waals surface area contributed by atoms with E-state index < -0.39 is 0 Å². The van der Waals surface area contributed by atoms with Crippen LogP contribution in [0.15, 0.2) is 30.6 Å². The molecule has 0 atom stereocenters. The lowest BCUT2D eigenvalue weighted by Crippen LogP contribution is -2.33. The second-order valence-corrected chi connectivity index (χ2v) is 7.21. The molecule has 2 amide bonds. The van der Waals surface area contributed by atoms with Crippen LogP contribution in [0.2, 0.25) is 0 Å².